The van der Waals surface area contributed by atoms with Crippen LogP contribution in [0.1, 0.15) is 80.3 Å². The van der Waals surface area contributed by atoms with E-state index in [1.165, 1.54) is 0 Å². The molecular weight excluding hydrogens is 440 g/mol. The van der Waals surface area contributed by atoms with Crippen LogP contribution < -0.4 is 4.74 Å². The van der Waals surface area contributed by atoms with Crippen LogP contribution in [-0.2, 0) is 19.3 Å². The number of hydrogen-bond donors (Lipinski definition) is 3. The zero-order chi connectivity index (χ0) is 25.9. The lowest BCUT2D eigenvalue weighted by Crippen LogP contribution is -2.36. The minimum atomic E-state index is -1.40. The molecule has 186 valence electrons. The van der Waals surface area contributed by atoms with Gasteiger partial charge in [0.05, 0.1) is 5.56 Å². The normalized spacial score (nSPS) is 16.7. The van der Waals surface area contributed by atoms with Crippen molar-refractivity contribution in [1.82, 2.24) is 0 Å². The van der Waals surface area contributed by atoms with Crippen LogP contribution in [0.4, 0.5) is 0 Å². The Morgan fingerprint density at radius 1 is 0.857 bits per heavy atom. The molecule has 0 aromatic heterocycles. The zero-order valence-corrected chi connectivity index (χ0v) is 21.5. The summed E-state index contributed by atoms with van der Waals surface area (Å²) in [5.41, 5.74) is 6.02. The Bertz CT molecular complexity index is 1200. The van der Waals surface area contributed by atoms with Gasteiger partial charge in [-0.25, -0.2) is 0 Å². The number of carbonyl (C=O) groups is 1. The number of rotatable bonds is 7. The van der Waals surface area contributed by atoms with Gasteiger partial charge in [0.1, 0.15) is 17.2 Å². The van der Waals surface area contributed by atoms with Gasteiger partial charge >= 0.3 is 0 Å². The first-order valence-electron chi connectivity index (χ1n) is 12.0. The van der Waals surface area contributed by atoms with E-state index in [-0.39, 0.29) is 17.1 Å². The molecule has 0 fully saturated rings. The number of phenols is 2. The molecule has 0 saturated carbocycles. The first kappa shape index (κ1) is 26.3. The van der Waals surface area contributed by atoms with E-state index in [4.69, 9.17) is 4.74 Å². The van der Waals surface area contributed by atoms with Crippen molar-refractivity contribution in [1.29, 1.82) is 0 Å². The molecule has 1 heterocycles. The second kappa shape index (κ2) is 11.0. The first-order valence-corrected chi connectivity index (χ1v) is 12.0. The summed E-state index contributed by atoms with van der Waals surface area (Å²) in [6.45, 7) is 11.9. The average Bonchev–Trinajstić information content (AvgIpc) is 2.79. The number of aliphatic hydroxyl groups is 1. The molecule has 0 radical (unpaired) electrons. The minimum Gasteiger partial charge on any atom is -0.508 e. The smallest absolute Gasteiger partial charge is 0.199 e. The molecule has 0 aliphatic carbocycles. The Morgan fingerprint density at radius 2 is 1.43 bits per heavy atom. The predicted octanol–water partition coefficient (Wildman–Crippen LogP) is 6.30. The van der Waals surface area contributed by atoms with Crippen LogP contribution in [-0.4, -0.2) is 27.2 Å². The molecule has 5 heteroatoms. The lowest BCUT2D eigenvalue weighted by Gasteiger charge is -2.32. The molecule has 1 aliphatic heterocycles. The topological polar surface area (TPSA) is 87.0 Å². The van der Waals surface area contributed by atoms with E-state index < -0.39 is 18.0 Å². The zero-order valence-electron chi connectivity index (χ0n) is 21.5. The Hall–Kier alpha value is -3.31. The molecule has 2 unspecified atom stereocenters. The van der Waals surface area contributed by atoms with E-state index in [0.717, 1.165) is 16.7 Å². The van der Waals surface area contributed by atoms with Crippen LogP contribution in [0.25, 0.3) is 0 Å². The third kappa shape index (κ3) is 6.04. The molecule has 2 aromatic rings. The number of fused-ring (bicyclic) bond motifs is 1. The van der Waals surface area contributed by atoms with Gasteiger partial charge in [-0.1, -0.05) is 41.0 Å². The van der Waals surface area contributed by atoms with Gasteiger partial charge in [0.2, 0.25) is 0 Å². The van der Waals surface area contributed by atoms with Gasteiger partial charge in [-0.05, 0) is 95.7 Å². The minimum absolute atomic E-state index is 0.108. The summed E-state index contributed by atoms with van der Waals surface area (Å²) < 4.78 is 6.27. The summed E-state index contributed by atoms with van der Waals surface area (Å²) in [5.74, 6) is 0.123. The predicted molar refractivity (Wildman–Crippen MR) is 139 cm³/mol. The van der Waals surface area contributed by atoms with E-state index >= 15 is 0 Å². The molecule has 2 atom stereocenters. The molecule has 35 heavy (non-hydrogen) atoms. The van der Waals surface area contributed by atoms with Crippen molar-refractivity contribution < 1.29 is 24.9 Å². The lowest BCUT2D eigenvalue weighted by molar-refractivity contribution is 0.0211. The Morgan fingerprint density at radius 3 is 2.03 bits per heavy atom. The molecule has 0 spiro atoms. The molecule has 3 N–H and O–H groups in total. The van der Waals surface area contributed by atoms with Gasteiger partial charge in [-0.3, -0.25) is 4.79 Å². The summed E-state index contributed by atoms with van der Waals surface area (Å²) in [7, 11) is 0. The maximum atomic E-state index is 13.4. The van der Waals surface area contributed by atoms with E-state index in [9.17, 15) is 20.1 Å². The number of carbonyl (C=O) groups excluding carboxylic acids is 1. The van der Waals surface area contributed by atoms with Crippen molar-refractivity contribution in [3.8, 4) is 17.2 Å². The number of ketones is 1. The number of hydrogen-bond acceptors (Lipinski definition) is 5. The van der Waals surface area contributed by atoms with Crippen LogP contribution in [0.3, 0.4) is 0 Å². The van der Waals surface area contributed by atoms with E-state index in [1.807, 2.05) is 59.8 Å². The Labute approximate surface area is 208 Å². The maximum absolute atomic E-state index is 13.4. The fourth-order valence-electron chi connectivity index (χ4n) is 4.05. The highest BCUT2D eigenvalue weighted by atomic mass is 16.5. The number of aliphatic hydroxyl groups excluding tert-OH is 1. The highest BCUT2D eigenvalue weighted by Gasteiger charge is 2.39. The molecule has 1 aliphatic rings. The second-order valence-corrected chi connectivity index (χ2v) is 9.93. The molecule has 0 amide bonds. The van der Waals surface area contributed by atoms with Crippen LogP contribution in [0.2, 0.25) is 0 Å². The third-order valence-electron chi connectivity index (χ3n) is 6.10. The first-order chi connectivity index (χ1) is 16.5. The SMILES string of the molecule is CC(C)=CCc1cc(C2Oc3c(cc(CC=C(C)C)c(O)c3CC=C(C)C)C(=O)C2O)ccc1O. The summed E-state index contributed by atoms with van der Waals surface area (Å²) in [6.07, 6.45) is 5.01. The average molecular weight is 477 g/mol. The molecule has 0 bridgehead atoms. The third-order valence-corrected chi connectivity index (χ3v) is 6.10. The molecule has 2 aromatic carbocycles. The summed E-state index contributed by atoms with van der Waals surface area (Å²) >= 11 is 0. The maximum Gasteiger partial charge on any atom is 0.199 e. The molecule has 0 saturated heterocycles. The number of phenolic OH excluding ortho intramolecular Hbond substituents is 2. The lowest BCUT2D eigenvalue weighted by atomic mass is 9.88. The highest BCUT2D eigenvalue weighted by Crippen LogP contribution is 2.44. The fourth-order valence-corrected chi connectivity index (χ4v) is 4.05. The second-order valence-electron chi connectivity index (χ2n) is 9.93. The van der Waals surface area contributed by atoms with Crippen molar-refractivity contribution in [2.45, 2.75) is 73.0 Å². The quantitative estimate of drug-likeness (QED) is 0.408. The van der Waals surface area contributed by atoms with Gasteiger partial charge in [-0.15, -0.1) is 0 Å². The number of benzene rings is 2. The van der Waals surface area contributed by atoms with Crippen molar-refractivity contribution in [2.24, 2.45) is 0 Å². The Kier molecular flexibility index (Phi) is 8.23. The van der Waals surface area contributed by atoms with Crippen molar-refractivity contribution in [3.05, 3.63) is 87.0 Å². The van der Waals surface area contributed by atoms with Crippen LogP contribution >= 0.6 is 0 Å². The van der Waals surface area contributed by atoms with E-state index in [0.29, 0.717) is 47.3 Å². The van der Waals surface area contributed by atoms with Crippen LogP contribution in [0, 0.1) is 0 Å². The standard InChI is InChI=1S/C30H36O5/c1-17(2)7-10-20-15-22(12-14-25(20)31)29-28(34)27(33)24-16-21(11-8-18(3)4)26(32)23(30(24)35-29)13-9-19(5)6/h7-9,12,14-16,28-29,31-32,34H,10-11,13H2,1-6H3. The van der Waals surface area contributed by atoms with Crippen molar-refractivity contribution in [2.75, 3.05) is 0 Å². The van der Waals surface area contributed by atoms with E-state index in [2.05, 4.69) is 0 Å². The number of allylic oxidation sites excluding steroid dienone is 6. The van der Waals surface area contributed by atoms with E-state index in [1.54, 1.807) is 24.3 Å². The van der Waals surface area contributed by atoms with Gasteiger partial charge in [0.15, 0.2) is 18.0 Å². The summed E-state index contributed by atoms with van der Waals surface area (Å²) in [5, 5.41) is 32.4. The largest absolute Gasteiger partial charge is 0.508 e. The Balaban J connectivity index is 2.11. The number of aromatic hydroxyl groups is 2. The van der Waals surface area contributed by atoms with Gasteiger partial charge in [0.25, 0.3) is 0 Å². The van der Waals surface area contributed by atoms with Crippen molar-refractivity contribution in [3.63, 3.8) is 0 Å². The highest BCUT2D eigenvalue weighted by molar-refractivity contribution is 6.04. The van der Waals surface area contributed by atoms with Crippen LogP contribution in [0.15, 0.2) is 59.2 Å². The number of ether oxygens (including phenoxy) is 1. The summed E-state index contributed by atoms with van der Waals surface area (Å²) in [4.78, 5) is 13.4. The fraction of sp³-hybridized carbons (Fsp3) is 0.367. The number of Topliss-reactive ketones (excluding diaryl/α,β-unsaturated/α-hetero) is 1. The molecule has 3 rings (SSSR count). The summed E-state index contributed by atoms with van der Waals surface area (Å²) in [6, 6.07) is 6.62. The van der Waals surface area contributed by atoms with Crippen molar-refractivity contribution >= 4 is 5.78 Å². The van der Waals surface area contributed by atoms with Crippen LogP contribution in [0.5, 0.6) is 17.2 Å². The molecular formula is C30H36O5. The monoisotopic (exact) mass is 476 g/mol. The molecule has 5 nitrogen and oxygen atoms in total. The van der Waals surface area contributed by atoms with Gasteiger partial charge in [0, 0.05) is 5.56 Å². The van der Waals surface area contributed by atoms with Gasteiger partial charge < -0.3 is 20.1 Å². The van der Waals surface area contributed by atoms with Gasteiger partial charge in [-0.2, -0.15) is 0 Å².